The summed E-state index contributed by atoms with van der Waals surface area (Å²) in [4.78, 5) is 19.1. The van der Waals surface area contributed by atoms with Crippen LogP contribution in [0.15, 0.2) is 77.6 Å². The maximum Gasteiger partial charge on any atom is 0.253 e. The summed E-state index contributed by atoms with van der Waals surface area (Å²) in [6.07, 6.45) is 0.749. The van der Waals surface area contributed by atoms with Crippen molar-refractivity contribution in [1.29, 1.82) is 0 Å². The van der Waals surface area contributed by atoms with E-state index in [2.05, 4.69) is 50.5 Å². The van der Waals surface area contributed by atoms with E-state index in [-0.39, 0.29) is 11.4 Å². The van der Waals surface area contributed by atoms with E-state index in [0.29, 0.717) is 24.5 Å². The zero-order valence-electron chi connectivity index (χ0n) is 23.6. The minimum absolute atomic E-state index is 0.187. The zero-order valence-corrected chi connectivity index (χ0v) is 23.6. The Labute approximate surface area is 233 Å². The highest BCUT2D eigenvalue weighted by molar-refractivity contribution is 5.81. The van der Waals surface area contributed by atoms with Crippen LogP contribution in [-0.2, 0) is 18.5 Å². The lowest BCUT2D eigenvalue weighted by molar-refractivity contribution is 0.195. The average molecular weight is 539 g/mol. The van der Waals surface area contributed by atoms with Crippen molar-refractivity contribution in [3.63, 3.8) is 0 Å². The van der Waals surface area contributed by atoms with Gasteiger partial charge in [-0.15, -0.1) is 5.10 Å². The number of aromatic amines is 1. The molecule has 7 nitrogen and oxygen atoms in total. The van der Waals surface area contributed by atoms with Gasteiger partial charge in [-0.2, -0.15) is 0 Å². The molecule has 3 aromatic carbocycles. The summed E-state index contributed by atoms with van der Waals surface area (Å²) < 4.78 is 15.6. The lowest BCUT2D eigenvalue weighted by Crippen LogP contribution is -2.38. The van der Waals surface area contributed by atoms with Gasteiger partial charge in [0, 0.05) is 24.2 Å². The molecule has 0 fully saturated rings. The van der Waals surface area contributed by atoms with Crippen LogP contribution in [-0.4, -0.2) is 36.6 Å². The number of pyridine rings is 1. The number of aromatic nitrogens is 5. The number of tetrazole rings is 1. The summed E-state index contributed by atoms with van der Waals surface area (Å²) in [5, 5.41) is 13.8. The number of rotatable bonds is 8. The minimum Gasteiger partial charge on any atom is -0.322 e. The Hall–Kier alpha value is -4.17. The van der Waals surface area contributed by atoms with Gasteiger partial charge in [-0.05, 0) is 109 Å². The fourth-order valence-electron chi connectivity index (χ4n) is 5.08. The molecule has 0 unspecified atom stereocenters. The van der Waals surface area contributed by atoms with Crippen LogP contribution in [0, 0.1) is 19.7 Å². The molecule has 1 N–H and O–H groups in total. The van der Waals surface area contributed by atoms with Crippen LogP contribution in [0.3, 0.4) is 0 Å². The number of hydrogen-bond acceptors (Lipinski definition) is 5. The first-order chi connectivity index (χ1) is 19.1. The number of nitrogens with zero attached hydrogens (tertiary/aromatic N) is 5. The molecule has 0 radical (unpaired) electrons. The second-order valence-electron chi connectivity index (χ2n) is 11.4. The highest BCUT2D eigenvalue weighted by Gasteiger charge is 2.33. The predicted molar refractivity (Wildman–Crippen MR) is 156 cm³/mol. The lowest BCUT2D eigenvalue weighted by atomic mass is 9.99. The van der Waals surface area contributed by atoms with Crippen LogP contribution in [0.25, 0.3) is 10.9 Å². The molecule has 0 bridgehead atoms. The summed E-state index contributed by atoms with van der Waals surface area (Å²) in [6, 6.07) is 22.2. The van der Waals surface area contributed by atoms with Gasteiger partial charge in [-0.1, -0.05) is 42.5 Å². The molecule has 5 rings (SSSR count). The molecule has 2 heterocycles. The normalized spacial score (nSPS) is 12.8. The second kappa shape index (κ2) is 11.1. The molecule has 0 aliphatic rings. The third-order valence-corrected chi connectivity index (χ3v) is 7.35. The van der Waals surface area contributed by atoms with Crippen molar-refractivity contribution in [2.24, 2.45) is 0 Å². The molecule has 206 valence electrons. The Morgan fingerprint density at radius 2 is 1.65 bits per heavy atom. The van der Waals surface area contributed by atoms with E-state index in [1.54, 1.807) is 16.8 Å². The molecule has 5 aromatic rings. The first-order valence-electron chi connectivity index (χ1n) is 13.6. The summed E-state index contributed by atoms with van der Waals surface area (Å²) in [5.74, 6) is 0.292. The van der Waals surface area contributed by atoms with Gasteiger partial charge in [0.1, 0.15) is 11.9 Å². The number of H-pyrrole nitrogens is 1. The van der Waals surface area contributed by atoms with Gasteiger partial charge in [0.15, 0.2) is 5.82 Å². The summed E-state index contributed by atoms with van der Waals surface area (Å²) in [7, 11) is 0. The van der Waals surface area contributed by atoms with Crippen LogP contribution in [0.4, 0.5) is 4.39 Å². The Kier molecular flexibility index (Phi) is 7.63. The van der Waals surface area contributed by atoms with Gasteiger partial charge in [0.25, 0.3) is 5.56 Å². The highest BCUT2D eigenvalue weighted by atomic mass is 19.1. The Balaban J connectivity index is 1.69. The Bertz CT molecular complexity index is 1670. The summed E-state index contributed by atoms with van der Waals surface area (Å²) in [5.41, 5.74) is 5.12. The second-order valence-corrected chi connectivity index (χ2v) is 11.4. The van der Waals surface area contributed by atoms with Crippen LogP contribution in [0.2, 0.25) is 0 Å². The van der Waals surface area contributed by atoms with Crippen molar-refractivity contribution in [3.05, 3.63) is 123 Å². The fraction of sp³-hybridized carbons (Fsp3) is 0.312. The molecule has 2 aromatic heterocycles. The number of fused-ring (bicyclic) bond motifs is 1. The van der Waals surface area contributed by atoms with Gasteiger partial charge < -0.3 is 4.98 Å². The van der Waals surface area contributed by atoms with E-state index < -0.39 is 11.6 Å². The number of aryl methyl sites for hydroxylation is 2. The Morgan fingerprint density at radius 1 is 0.950 bits per heavy atom. The highest BCUT2D eigenvalue weighted by Crippen LogP contribution is 2.31. The van der Waals surface area contributed by atoms with Crippen molar-refractivity contribution in [3.8, 4) is 0 Å². The van der Waals surface area contributed by atoms with E-state index >= 15 is 0 Å². The fourth-order valence-corrected chi connectivity index (χ4v) is 5.08. The predicted octanol–water partition coefficient (Wildman–Crippen LogP) is 5.86. The van der Waals surface area contributed by atoms with Crippen molar-refractivity contribution in [2.45, 2.75) is 59.2 Å². The standard InChI is InChI=1S/C32H35FN6O/c1-21-17-25-19-27(31(40)34-28(25)18-22(21)2)29(30-35-36-37-39(30)32(3,4)5)38(16-15-23-9-7-6-8-10-23)20-24-11-13-26(33)14-12-24/h6-14,17-19,29H,15-16,20H2,1-5H3,(H,34,40)/t29-/m0/s1. The lowest BCUT2D eigenvalue weighted by Gasteiger charge is -2.33. The smallest absolute Gasteiger partial charge is 0.253 e. The van der Waals surface area contributed by atoms with Crippen molar-refractivity contribution in [2.75, 3.05) is 6.54 Å². The zero-order chi connectivity index (χ0) is 28.4. The van der Waals surface area contributed by atoms with Crippen LogP contribution in [0.5, 0.6) is 0 Å². The molecule has 8 heteroatoms. The number of benzene rings is 3. The van der Waals surface area contributed by atoms with Crippen LogP contribution < -0.4 is 5.56 Å². The topological polar surface area (TPSA) is 79.7 Å². The quantitative estimate of drug-likeness (QED) is 0.268. The Morgan fingerprint density at radius 3 is 2.35 bits per heavy atom. The van der Waals surface area contributed by atoms with Crippen LogP contribution >= 0.6 is 0 Å². The van der Waals surface area contributed by atoms with E-state index in [1.165, 1.54) is 17.7 Å². The van der Waals surface area contributed by atoms with Gasteiger partial charge in [-0.25, -0.2) is 9.07 Å². The number of halogens is 1. The van der Waals surface area contributed by atoms with E-state index in [1.807, 2.05) is 58.0 Å². The molecule has 1 atom stereocenters. The van der Waals surface area contributed by atoms with E-state index in [9.17, 15) is 9.18 Å². The molecule has 40 heavy (non-hydrogen) atoms. The van der Waals surface area contributed by atoms with E-state index in [4.69, 9.17) is 0 Å². The molecular weight excluding hydrogens is 503 g/mol. The maximum atomic E-state index is 13.8. The monoisotopic (exact) mass is 538 g/mol. The molecule has 0 amide bonds. The number of hydrogen-bond donors (Lipinski definition) is 1. The minimum atomic E-state index is -0.558. The summed E-state index contributed by atoms with van der Waals surface area (Å²) >= 11 is 0. The SMILES string of the molecule is Cc1cc2cc([C@@H](c3nnnn3C(C)(C)C)N(CCc3ccccc3)Cc3ccc(F)cc3)c(=O)[nH]c2cc1C. The molecule has 0 aliphatic carbocycles. The van der Waals surface area contributed by atoms with Crippen molar-refractivity contribution in [1.82, 2.24) is 30.1 Å². The molecular formula is C32H35FN6O. The van der Waals surface area contributed by atoms with Crippen LogP contribution in [0.1, 0.15) is 60.5 Å². The first-order valence-corrected chi connectivity index (χ1v) is 13.6. The van der Waals surface area contributed by atoms with Gasteiger partial charge >= 0.3 is 0 Å². The van der Waals surface area contributed by atoms with E-state index in [0.717, 1.165) is 34.0 Å². The van der Waals surface area contributed by atoms with Gasteiger partial charge in [0.2, 0.25) is 0 Å². The molecule has 0 spiro atoms. The van der Waals surface area contributed by atoms with Gasteiger partial charge in [0.05, 0.1) is 5.54 Å². The third-order valence-electron chi connectivity index (χ3n) is 7.35. The molecule has 0 aliphatic heterocycles. The third kappa shape index (κ3) is 5.87. The van der Waals surface area contributed by atoms with Crippen molar-refractivity contribution < 1.29 is 4.39 Å². The maximum absolute atomic E-state index is 13.8. The average Bonchev–Trinajstić information content (AvgIpc) is 3.41. The molecule has 0 saturated heterocycles. The summed E-state index contributed by atoms with van der Waals surface area (Å²) in [6.45, 7) is 11.3. The van der Waals surface area contributed by atoms with Gasteiger partial charge in [-0.3, -0.25) is 9.69 Å². The number of nitrogens with one attached hydrogen (secondary N) is 1. The van der Waals surface area contributed by atoms with Crippen molar-refractivity contribution >= 4 is 10.9 Å². The molecule has 0 saturated carbocycles. The first kappa shape index (κ1) is 27.4. The largest absolute Gasteiger partial charge is 0.322 e.